The molecule has 74 heavy (non-hydrogen) atoms. The number of benzene rings is 8. The van der Waals surface area contributed by atoms with Crippen molar-refractivity contribution in [2.75, 3.05) is 26.4 Å². The van der Waals surface area contributed by atoms with E-state index in [1.54, 1.807) is 36.4 Å². The first kappa shape index (κ1) is 45.6. The molecule has 0 amide bonds. The molecule has 13 nitrogen and oxygen atoms in total. The summed E-state index contributed by atoms with van der Waals surface area (Å²) in [5.41, 5.74) is 6.26. The normalized spacial score (nSPS) is 15.8. The molecular weight excluding hydrogens is 941 g/mol. The first-order valence-corrected chi connectivity index (χ1v) is 24.1. The molecular formula is C61H42O13. The van der Waals surface area contributed by atoms with Gasteiger partial charge >= 0.3 is 23.9 Å². The minimum absolute atomic E-state index is 0.00264. The van der Waals surface area contributed by atoms with E-state index in [1.807, 2.05) is 48.5 Å². The number of phenolic OH excluding ortho intramolecular Hbond substituents is 2. The maximum absolute atomic E-state index is 13.6. The van der Waals surface area contributed by atoms with Crippen LogP contribution in [0.2, 0.25) is 0 Å². The molecule has 0 bridgehead atoms. The van der Waals surface area contributed by atoms with E-state index in [0.717, 1.165) is 50.3 Å². The molecule has 8 aromatic rings. The van der Waals surface area contributed by atoms with Crippen molar-refractivity contribution in [2.45, 2.75) is 18.8 Å². The van der Waals surface area contributed by atoms with Gasteiger partial charge in [0.05, 0.1) is 48.7 Å². The van der Waals surface area contributed by atoms with Crippen molar-refractivity contribution in [3.8, 4) is 45.6 Å². The molecule has 2 atom stereocenters. The quantitative estimate of drug-likeness (QED) is 0.0233. The fourth-order valence-electron chi connectivity index (χ4n) is 10.4. The fraction of sp³-hybridized carbons (Fsp3) is 0.131. The summed E-state index contributed by atoms with van der Waals surface area (Å²) in [4.78, 5) is 62.8. The molecule has 0 fully saturated rings. The minimum Gasteiger partial charge on any atom is -0.507 e. The van der Waals surface area contributed by atoms with Crippen molar-refractivity contribution < 1.29 is 62.6 Å². The Hall–Kier alpha value is -9.49. The molecule has 1 aliphatic heterocycles. The Morgan fingerprint density at radius 1 is 0.581 bits per heavy atom. The summed E-state index contributed by atoms with van der Waals surface area (Å²) in [5.74, 6) is -0.747. The number of carbonyl (C=O) groups excluding carboxylic acids is 5. The summed E-state index contributed by atoms with van der Waals surface area (Å²) in [6.45, 7) is 0.958. The molecule has 0 radical (unpaired) electrons. The number of aromatic hydroxyl groups is 2. The van der Waals surface area contributed by atoms with Gasteiger partial charge in [0, 0.05) is 57.7 Å². The van der Waals surface area contributed by atoms with Gasteiger partial charge in [0.15, 0.2) is 0 Å². The van der Waals surface area contributed by atoms with Crippen LogP contribution in [0.15, 0.2) is 151 Å². The Bertz CT molecular complexity index is 3840. The molecule has 0 saturated heterocycles. The van der Waals surface area contributed by atoms with Crippen LogP contribution in [0.5, 0.6) is 34.5 Å². The smallest absolute Gasteiger partial charge is 0.346 e. The largest absolute Gasteiger partial charge is 0.507 e. The second-order valence-electron chi connectivity index (χ2n) is 18.3. The van der Waals surface area contributed by atoms with E-state index in [-0.39, 0.29) is 59.0 Å². The predicted octanol–water partition coefficient (Wildman–Crippen LogP) is 11.5. The van der Waals surface area contributed by atoms with Crippen molar-refractivity contribution in [1.29, 1.82) is 0 Å². The van der Waals surface area contributed by atoms with Crippen LogP contribution >= 0.6 is 0 Å². The van der Waals surface area contributed by atoms with Gasteiger partial charge in [-0.2, -0.15) is 0 Å². The molecule has 2 N–H and O–H groups in total. The Balaban J connectivity index is 0.657. The van der Waals surface area contributed by atoms with Crippen LogP contribution in [0.4, 0.5) is 0 Å². The molecule has 4 aliphatic rings. The van der Waals surface area contributed by atoms with Gasteiger partial charge in [-0.25, -0.2) is 19.2 Å². The van der Waals surface area contributed by atoms with Crippen LogP contribution in [-0.2, 0) is 14.3 Å². The number of esters is 4. The summed E-state index contributed by atoms with van der Waals surface area (Å²) < 4.78 is 34.6. The van der Waals surface area contributed by atoms with Gasteiger partial charge in [0.2, 0.25) is 0 Å². The number of aldehydes is 1. The van der Waals surface area contributed by atoms with E-state index in [9.17, 15) is 34.2 Å². The molecule has 3 aliphatic carbocycles. The van der Waals surface area contributed by atoms with Crippen molar-refractivity contribution in [3.05, 3.63) is 190 Å². The number of fused-ring (bicyclic) bond motifs is 1. The molecule has 8 aromatic carbocycles. The summed E-state index contributed by atoms with van der Waals surface area (Å²) >= 11 is 0. The highest BCUT2D eigenvalue weighted by molar-refractivity contribution is 6.27. The lowest BCUT2D eigenvalue weighted by atomic mass is 9.67. The number of cyclic esters (lactones) is 2. The lowest BCUT2D eigenvalue weighted by Crippen LogP contribution is -2.23. The molecule has 13 heteroatoms. The van der Waals surface area contributed by atoms with Gasteiger partial charge in [-0.05, 0) is 117 Å². The van der Waals surface area contributed by atoms with Crippen molar-refractivity contribution in [2.24, 2.45) is 5.92 Å². The van der Waals surface area contributed by atoms with Gasteiger partial charge in [-0.1, -0.05) is 72.9 Å². The third kappa shape index (κ3) is 8.04. The maximum atomic E-state index is 13.6. The van der Waals surface area contributed by atoms with E-state index >= 15 is 0 Å². The first-order valence-electron chi connectivity index (χ1n) is 24.1. The third-order valence-electron chi connectivity index (χ3n) is 14.0. The van der Waals surface area contributed by atoms with Gasteiger partial charge in [0.25, 0.3) is 0 Å². The summed E-state index contributed by atoms with van der Waals surface area (Å²) in [7, 11) is 0. The Kier molecular flexibility index (Phi) is 11.5. The Labute approximate surface area is 422 Å². The van der Waals surface area contributed by atoms with Crippen molar-refractivity contribution in [1.82, 2.24) is 0 Å². The SMILES string of the molecule is O=CC1=C2C=Cc3ccc(OCCCOc4ccc(O)c(-c5cc(OCCCOC(=O)c6ccc7ccc8c(OC(=O)c9ccc%10c(c9)C(=O)OC%10=O)ccc9ccc6c7c98)ccc5O)c4)c4c3C2C(C=C1)C=C4. The van der Waals surface area contributed by atoms with E-state index in [4.69, 9.17) is 23.7 Å². The molecule has 1 heterocycles. The molecule has 364 valence electrons. The van der Waals surface area contributed by atoms with Crippen LogP contribution in [0, 0.1) is 5.92 Å². The second-order valence-corrected chi connectivity index (χ2v) is 18.3. The zero-order valence-corrected chi connectivity index (χ0v) is 39.3. The average molecular weight is 983 g/mol. The Morgan fingerprint density at radius 2 is 1.23 bits per heavy atom. The standard InChI is InChI=1S/C61H42O13/c62-32-38-4-3-33-8-19-45-52(23-11-35-5-15-41(38)54(33)56(35)45)71-27-1-25-69-39-13-21-50(63)47(30-39)48-31-40(14-22-51(48)64)70-26-2-28-72-59(66)43-17-7-34-9-20-46-53(24-12-36-6-16-42(43)55(34)57(36)46)73-58(65)37-10-18-44-49(29-37)61(68)74-60(44)67/h3-24,29-33,54,63-64H,1-2,25-28H2. The monoisotopic (exact) mass is 982 g/mol. The highest BCUT2D eigenvalue weighted by Gasteiger charge is 2.36. The van der Waals surface area contributed by atoms with E-state index in [1.165, 1.54) is 35.9 Å². The van der Waals surface area contributed by atoms with E-state index in [2.05, 4.69) is 41.2 Å². The number of allylic oxidation sites excluding steroid dienone is 6. The van der Waals surface area contributed by atoms with E-state index in [0.29, 0.717) is 70.6 Å². The second kappa shape index (κ2) is 18.6. The van der Waals surface area contributed by atoms with Crippen LogP contribution in [0.1, 0.15) is 76.9 Å². The summed E-state index contributed by atoms with van der Waals surface area (Å²) in [5, 5.41) is 26.4. The topological polar surface area (TPSA) is 181 Å². The predicted molar refractivity (Wildman–Crippen MR) is 275 cm³/mol. The minimum atomic E-state index is -0.825. The molecule has 0 spiro atoms. The highest BCUT2D eigenvalue weighted by atomic mass is 16.6. The molecule has 2 unspecified atom stereocenters. The van der Waals surface area contributed by atoms with Crippen molar-refractivity contribution in [3.63, 3.8) is 0 Å². The van der Waals surface area contributed by atoms with Gasteiger partial charge in [-0.3, -0.25) is 4.79 Å². The van der Waals surface area contributed by atoms with E-state index < -0.39 is 23.9 Å². The first-order chi connectivity index (χ1) is 36.1. The van der Waals surface area contributed by atoms with Gasteiger partial charge in [-0.15, -0.1) is 0 Å². The zero-order chi connectivity index (χ0) is 50.6. The maximum Gasteiger partial charge on any atom is 0.346 e. The number of carbonyl (C=O) groups is 5. The van der Waals surface area contributed by atoms with Crippen molar-refractivity contribution >= 4 is 74.6 Å². The lowest BCUT2D eigenvalue weighted by Gasteiger charge is -2.36. The number of ether oxygens (including phenoxy) is 6. The van der Waals surface area contributed by atoms with Gasteiger partial charge in [0.1, 0.15) is 40.8 Å². The lowest BCUT2D eigenvalue weighted by molar-refractivity contribution is -0.104. The summed E-state index contributed by atoms with van der Waals surface area (Å²) in [6.07, 6.45) is 14.2. The van der Waals surface area contributed by atoms with Crippen LogP contribution in [-0.4, -0.2) is 66.8 Å². The average Bonchev–Trinajstić information content (AvgIpc) is 3.71. The third-order valence-corrected chi connectivity index (χ3v) is 14.0. The van der Waals surface area contributed by atoms with Crippen LogP contribution in [0.25, 0.3) is 55.6 Å². The number of rotatable bonds is 16. The number of phenols is 2. The fourth-order valence-corrected chi connectivity index (χ4v) is 10.4. The number of hydrogen-bond donors (Lipinski definition) is 2. The highest BCUT2D eigenvalue weighted by Crippen LogP contribution is 2.50. The van der Waals surface area contributed by atoms with Gasteiger partial charge < -0.3 is 38.6 Å². The zero-order valence-electron chi connectivity index (χ0n) is 39.3. The van der Waals surface area contributed by atoms with Crippen LogP contribution < -0.4 is 18.9 Å². The Morgan fingerprint density at radius 3 is 1.99 bits per heavy atom. The number of hydrogen-bond acceptors (Lipinski definition) is 13. The summed E-state index contributed by atoms with van der Waals surface area (Å²) in [6, 6.07) is 32.2. The molecule has 0 saturated carbocycles. The molecule has 0 aromatic heterocycles. The molecule has 12 rings (SSSR count). The van der Waals surface area contributed by atoms with Crippen LogP contribution in [0.3, 0.4) is 0 Å².